The molecule has 424 valence electrons. The van der Waals surface area contributed by atoms with Crippen molar-refractivity contribution in [2.45, 2.75) is 299 Å². The molecule has 0 atom stereocenters. The second kappa shape index (κ2) is 84.7. The first-order chi connectivity index (χ1) is 34.1. The summed E-state index contributed by atoms with van der Waals surface area (Å²) in [6.45, 7) is 12.3. The molecule has 0 rings (SSSR count). The summed E-state index contributed by atoms with van der Waals surface area (Å²) in [7, 11) is 0. The predicted octanol–water partition coefficient (Wildman–Crippen LogP) is 16.4. The molecule has 0 radical (unpaired) electrons. The molecule has 2 N–H and O–H groups in total. The van der Waals surface area contributed by atoms with E-state index >= 15 is 0 Å². The minimum atomic E-state index is -1.16. The van der Waals surface area contributed by atoms with Gasteiger partial charge in [-0.15, -0.1) is 0 Å². The van der Waals surface area contributed by atoms with Gasteiger partial charge in [0.25, 0.3) is 0 Å². The number of aliphatic hydroxyl groups is 2. The van der Waals surface area contributed by atoms with E-state index in [9.17, 15) is 9.59 Å². The zero-order chi connectivity index (χ0) is 53.7. The molecule has 0 aromatic rings. The molecular weight excluding hydrogens is 1170 g/mol. The molecule has 0 aromatic heterocycles. The Morgan fingerprint density at radius 3 is 0.557 bits per heavy atom. The summed E-state index contributed by atoms with van der Waals surface area (Å²) >= 11 is 13.3. The van der Waals surface area contributed by atoms with Crippen LogP contribution in [-0.2, 0) is 19.4 Å². The van der Waals surface area contributed by atoms with Gasteiger partial charge >= 0.3 is 351 Å². The predicted molar refractivity (Wildman–Crippen MR) is 322 cm³/mol. The van der Waals surface area contributed by atoms with Crippen LogP contribution in [0.15, 0.2) is 0 Å². The molecule has 0 aliphatic heterocycles. The minimum Gasteiger partial charge on any atom is -0.662 e. The third-order valence-corrected chi connectivity index (χ3v) is 31.7. The average Bonchev–Trinajstić information content (AvgIpc) is 3.39. The Morgan fingerprint density at radius 2 is 0.457 bits per heavy atom. The van der Waals surface area contributed by atoms with Crippen molar-refractivity contribution in [3.8, 4) is 0 Å². The van der Waals surface area contributed by atoms with Crippen LogP contribution in [-0.4, -0.2) is 97.9 Å². The van der Waals surface area contributed by atoms with Crippen molar-refractivity contribution in [1.29, 1.82) is 0 Å². The van der Waals surface area contributed by atoms with Crippen LogP contribution in [0.1, 0.15) is 273 Å². The Morgan fingerprint density at radius 1 is 0.314 bits per heavy atom. The van der Waals surface area contributed by atoms with E-state index in [-0.39, 0.29) is 0 Å². The van der Waals surface area contributed by atoms with Gasteiger partial charge in [-0.25, -0.2) is 9.59 Å². The molecule has 0 amide bonds. The zero-order valence-electron chi connectivity index (χ0n) is 47.1. The van der Waals surface area contributed by atoms with Crippen molar-refractivity contribution in [1.82, 2.24) is 0 Å². The Hall–Kier alpha value is 1.78. The van der Waals surface area contributed by atoms with Crippen LogP contribution in [0.4, 0.5) is 0 Å². The summed E-state index contributed by atoms with van der Waals surface area (Å²) in [5.41, 5.74) is 0. The molecular formula is C56H120O8S4Sn2. The van der Waals surface area contributed by atoms with E-state index < -0.39 is 64.7 Å². The van der Waals surface area contributed by atoms with Crippen molar-refractivity contribution >= 4 is 102 Å². The average molecular weight is 1290 g/mol. The summed E-state index contributed by atoms with van der Waals surface area (Å²) in [6, 6.07) is 0. The summed E-state index contributed by atoms with van der Waals surface area (Å²) in [4.78, 5) is 24.3. The molecule has 0 heterocycles. The molecule has 0 aliphatic rings. The first-order valence-corrected chi connectivity index (χ1v) is 43.8. The molecule has 70 heavy (non-hydrogen) atoms. The summed E-state index contributed by atoms with van der Waals surface area (Å²) in [6.07, 6.45) is 53.8. The molecule has 0 saturated heterocycles. The number of carbonyl (C=O) groups is 2. The Kier molecular flexibility index (Phi) is 101. The fourth-order valence-corrected chi connectivity index (χ4v) is 24.9. The van der Waals surface area contributed by atoms with Gasteiger partial charge in [-0.05, 0) is 23.0 Å². The van der Waals surface area contributed by atoms with E-state index in [4.69, 9.17) is 20.7 Å². The number of carbonyl (C=O) groups excluding carboxylic acids is 2. The summed E-state index contributed by atoms with van der Waals surface area (Å²) < 4.78 is 10.3. The van der Waals surface area contributed by atoms with Gasteiger partial charge < -0.3 is 30.5 Å². The van der Waals surface area contributed by atoms with Gasteiger partial charge in [0.1, 0.15) is 13.2 Å². The topological polar surface area (TPSA) is 139 Å². The first kappa shape index (κ1) is 83.1. The van der Waals surface area contributed by atoms with Crippen LogP contribution < -0.4 is 10.5 Å². The standard InChI is InChI=1S/6C8H17.2C2H4O4.2C2H6S2.2Sn/c6*1-3-5-7-8-6-4-2;2*3-1-2(4)6-5;2*3-1-2-4;;/h6*1,3-8H2,2H3;2*3,5H,1H2;2*3-4H,1-2H2;;/q;;;;;;;;;;2*+1/p-2. The van der Waals surface area contributed by atoms with Gasteiger partial charge in [-0.3, -0.25) is 0 Å². The van der Waals surface area contributed by atoms with E-state index in [1.807, 2.05) is 0 Å². The van der Waals surface area contributed by atoms with Crippen molar-refractivity contribution in [2.24, 2.45) is 0 Å². The number of hydrogen-bond acceptors (Lipinski definition) is 12. The van der Waals surface area contributed by atoms with Crippen LogP contribution in [0, 0.1) is 0 Å². The van der Waals surface area contributed by atoms with E-state index in [0.717, 1.165) is 23.0 Å². The largest absolute Gasteiger partial charge is 0.662 e. The Bertz CT molecular complexity index is 730. The zero-order valence-corrected chi connectivity index (χ0v) is 56.4. The first-order valence-electron chi connectivity index (χ1n) is 29.1. The molecule has 0 bridgehead atoms. The van der Waals surface area contributed by atoms with Crippen molar-refractivity contribution in [3.63, 3.8) is 0 Å². The third-order valence-electron chi connectivity index (χ3n) is 11.9. The minimum absolute atomic E-state index is 0.844. The van der Waals surface area contributed by atoms with Crippen molar-refractivity contribution in [3.05, 3.63) is 0 Å². The van der Waals surface area contributed by atoms with Gasteiger partial charge in [0, 0.05) is 0 Å². The number of aliphatic hydroxyl groups excluding tert-OH is 2. The van der Waals surface area contributed by atoms with Crippen molar-refractivity contribution in [2.75, 3.05) is 36.2 Å². The molecule has 0 aliphatic carbocycles. The van der Waals surface area contributed by atoms with E-state index in [1.165, 1.54) is 193 Å². The van der Waals surface area contributed by atoms with Gasteiger partial charge in [0.2, 0.25) is 0 Å². The van der Waals surface area contributed by atoms with Crippen LogP contribution >= 0.6 is 50.5 Å². The summed E-state index contributed by atoms with van der Waals surface area (Å²) in [5.74, 6) is 1.20. The molecule has 0 saturated carbocycles. The second-order valence-corrected chi connectivity index (χ2v) is 37.6. The van der Waals surface area contributed by atoms with Crippen LogP contribution in [0.3, 0.4) is 0 Å². The SMILES string of the molecule is CCCCCCC[CH2][Sn+]([CH2]CCCCCCC)[CH2]CCCCCCC.CCCCCCC[CH2][Sn+]([CH2]CCCCCCC)[CH2]CCCCCCC.O=C(CO)O[O-].O=C(CO)O[O-].SCCS.SCCS. The van der Waals surface area contributed by atoms with Crippen LogP contribution in [0.5, 0.6) is 0 Å². The quantitative estimate of drug-likeness (QED) is 0.0116. The molecule has 14 heteroatoms. The summed E-state index contributed by atoms with van der Waals surface area (Å²) in [5, 5.41) is 33.0. The number of thiol groups is 4. The Balaban J connectivity index is -0.000000210. The van der Waals surface area contributed by atoms with E-state index in [0.29, 0.717) is 0 Å². The third kappa shape index (κ3) is 92.4. The maximum absolute atomic E-state index is 9.40. The maximum Gasteiger partial charge on any atom is 0.326 e. The number of rotatable bonds is 46. The van der Waals surface area contributed by atoms with Crippen molar-refractivity contribution < 1.29 is 40.1 Å². The fourth-order valence-electron chi connectivity index (χ4n) is 7.73. The second-order valence-electron chi connectivity index (χ2n) is 18.7. The van der Waals surface area contributed by atoms with Gasteiger partial charge in [-0.1, -0.05) is 0 Å². The molecule has 0 spiro atoms. The normalized spacial score (nSPS) is 10.1. The van der Waals surface area contributed by atoms with Gasteiger partial charge in [-0.2, -0.15) is 50.5 Å². The molecule has 0 fully saturated rings. The molecule has 0 unspecified atom stereocenters. The maximum atomic E-state index is 9.40. The number of hydrogen-bond donors (Lipinski definition) is 6. The molecule has 8 nitrogen and oxygen atoms in total. The van der Waals surface area contributed by atoms with Gasteiger partial charge in [0.15, 0.2) is 0 Å². The van der Waals surface area contributed by atoms with Crippen LogP contribution in [0.2, 0.25) is 26.6 Å². The smallest absolute Gasteiger partial charge is 0.326 e. The Labute approximate surface area is 473 Å². The van der Waals surface area contributed by atoms with Gasteiger partial charge in [0.05, 0.1) is 0 Å². The van der Waals surface area contributed by atoms with E-state index in [1.54, 1.807) is 65.1 Å². The van der Waals surface area contributed by atoms with Crippen LogP contribution in [0.25, 0.3) is 0 Å². The monoisotopic (exact) mass is 1290 g/mol. The number of unbranched alkanes of at least 4 members (excludes halogenated alkanes) is 30. The fraction of sp³-hybridized carbons (Fsp3) is 0.964. The molecule has 0 aromatic carbocycles. The van der Waals surface area contributed by atoms with E-state index in [2.05, 4.69) is 102 Å².